The standard InChI is InChI=1S/C22H19FN2O9S/c1-22(10-34-17(28)7-11-2-5-15(26)16(27)6-11)18(21(30)31)25-19(29)14(20(25)35(22,32)33)8-13-4-3-12(23)9-24-13/h2-6,8-9,18,20,26-27H,7,10H2,1H3,(H,30,31)/b14-8-/t18-,20+,22-/m0/s1. The van der Waals surface area contributed by atoms with Gasteiger partial charge < -0.3 is 25.0 Å². The number of sulfone groups is 1. The molecule has 1 amide bonds. The van der Waals surface area contributed by atoms with Crippen molar-refractivity contribution in [1.29, 1.82) is 0 Å². The summed E-state index contributed by atoms with van der Waals surface area (Å²) in [7, 11) is -4.41. The maximum atomic E-state index is 13.4. The molecule has 2 fully saturated rings. The molecule has 3 atom stereocenters. The third-order valence-corrected chi connectivity index (χ3v) is 8.71. The Morgan fingerprint density at radius 3 is 2.54 bits per heavy atom. The van der Waals surface area contributed by atoms with E-state index in [2.05, 4.69) is 4.98 Å². The van der Waals surface area contributed by atoms with Crippen LogP contribution in [0.4, 0.5) is 4.39 Å². The first-order valence-electron chi connectivity index (χ1n) is 10.2. The summed E-state index contributed by atoms with van der Waals surface area (Å²) in [6.07, 6.45) is 1.64. The summed E-state index contributed by atoms with van der Waals surface area (Å²) in [5.41, 5.74) is 0.133. The Kier molecular flexibility index (Phi) is 5.75. The molecule has 0 radical (unpaired) electrons. The van der Waals surface area contributed by atoms with Crippen LogP contribution >= 0.6 is 0 Å². The van der Waals surface area contributed by atoms with Gasteiger partial charge in [-0.3, -0.25) is 14.6 Å². The Hall–Kier alpha value is -4.00. The van der Waals surface area contributed by atoms with Crippen molar-refractivity contribution in [2.75, 3.05) is 6.61 Å². The summed E-state index contributed by atoms with van der Waals surface area (Å²) >= 11 is 0. The van der Waals surface area contributed by atoms with E-state index in [1.54, 1.807) is 0 Å². The van der Waals surface area contributed by atoms with E-state index in [-0.39, 0.29) is 16.8 Å². The number of benzene rings is 1. The Labute approximate surface area is 198 Å². The van der Waals surface area contributed by atoms with E-state index in [4.69, 9.17) is 4.74 Å². The van der Waals surface area contributed by atoms with E-state index in [9.17, 15) is 42.5 Å². The molecule has 3 heterocycles. The first-order chi connectivity index (χ1) is 16.4. The second kappa shape index (κ2) is 8.34. The lowest BCUT2D eigenvalue weighted by Crippen LogP contribution is -2.59. The van der Waals surface area contributed by atoms with Crippen molar-refractivity contribution in [3.8, 4) is 11.5 Å². The SMILES string of the molecule is C[C@]1(COC(=O)Cc2ccc(O)c(O)c2)[C@H](C(=O)O)N2C(=O)/C(=C/c3ccc(F)cn3)[C@H]2S1(=O)=O. The smallest absolute Gasteiger partial charge is 0.328 e. The molecule has 0 saturated carbocycles. The molecule has 0 bridgehead atoms. The maximum Gasteiger partial charge on any atom is 0.328 e. The second-order valence-electron chi connectivity index (χ2n) is 8.32. The van der Waals surface area contributed by atoms with Crippen molar-refractivity contribution in [3.63, 3.8) is 0 Å². The number of aromatic nitrogens is 1. The van der Waals surface area contributed by atoms with E-state index in [0.29, 0.717) is 4.90 Å². The summed E-state index contributed by atoms with van der Waals surface area (Å²) in [5, 5.41) is 27.1. The van der Waals surface area contributed by atoms with Gasteiger partial charge in [-0.05, 0) is 42.8 Å². The molecule has 2 aliphatic rings. The van der Waals surface area contributed by atoms with Gasteiger partial charge >= 0.3 is 11.9 Å². The Bertz CT molecular complexity index is 1370. The van der Waals surface area contributed by atoms with Crippen LogP contribution in [0.3, 0.4) is 0 Å². The van der Waals surface area contributed by atoms with E-state index in [0.717, 1.165) is 37.4 Å². The van der Waals surface area contributed by atoms with Crippen molar-refractivity contribution in [3.05, 3.63) is 59.2 Å². The average molecular weight is 506 g/mol. The van der Waals surface area contributed by atoms with Gasteiger partial charge in [0, 0.05) is 0 Å². The first-order valence-corrected chi connectivity index (χ1v) is 11.7. The molecule has 3 N–H and O–H groups in total. The fourth-order valence-electron chi connectivity index (χ4n) is 4.15. The second-order valence-corrected chi connectivity index (χ2v) is 10.8. The lowest BCUT2D eigenvalue weighted by atomic mass is 9.94. The number of β-lactam (4-membered cyclic amide) rings is 1. The van der Waals surface area contributed by atoms with Gasteiger partial charge in [-0.1, -0.05) is 6.07 Å². The molecule has 2 aromatic rings. The number of carboxylic acids is 1. The van der Waals surface area contributed by atoms with Crippen molar-refractivity contribution < 1.29 is 47.2 Å². The highest BCUT2D eigenvalue weighted by Gasteiger charge is 2.72. The number of phenols is 2. The molecule has 0 unspecified atom stereocenters. The minimum Gasteiger partial charge on any atom is -0.504 e. The fraction of sp³-hybridized carbons (Fsp3) is 0.273. The Morgan fingerprint density at radius 2 is 1.94 bits per heavy atom. The number of amides is 1. The summed E-state index contributed by atoms with van der Waals surface area (Å²) in [6.45, 7) is 0.234. The van der Waals surface area contributed by atoms with Crippen LogP contribution in [0.5, 0.6) is 11.5 Å². The van der Waals surface area contributed by atoms with Gasteiger partial charge in [0.05, 0.1) is 23.9 Å². The molecule has 1 aromatic heterocycles. The number of nitrogens with zero attached hydrogens (tertiary/aromatic N) is 2. The predicted molar refractivity (Wildman–Crippen MR) is 116 cm³/mol. The van der Waals surface area contributed by atoms with Crippen LogP contribution in [-0.2, 0) is 35.4 Å². The highest BCUT2D eigenvalue weighted by molar-refractivity contribution is 7.94. The number of hydrogen-bond acceptors (Lipinski definition) is 9. The van der Waals surface area contributed by atoms with Crippen LogP contribution in [0.25, 0.3) is 6.08 Å². The van der Waals surface area contributed by atoms with E-state index in [1.165, 1.54) is 12.1 Å². The molecule has 13 heteroatoms. The van der Waals surface area contributed by atoms with Crippen molar-refractivity contribution in [2.24, 2.45) is 0 Å². The van der Waals surface area contributed by atoms with Crippen LogP contribution in [0.1, 0.15) is 18.2 Å². The summed E-state index contributed by atoms with van der Waals surface area (Å²) in [6, 6.07) is 4.10. The number of carbonyl (C=O) groups excluding carboxylic acids is 2. The van der Waals surface area contributed by atoms with Gasteiger partial charge in [-0.2, -0.15) is 0 Å². The van der Waals surface area contributed by atoms with Gasteiger partial charge in [-0.15, -0.1) is 0 Å². The number of hydrogen-bond donors (Lipinski definition) is 3. The number of esters is 1. The first kappa shape index (κ1) is 24.1. The lowest BCUT2D eigenvalue weighted by molar-refractivity contribution is -0.155. The Morgan fingerprint density at radius 1 is 1.23 bits per heavy atom. The van der Waals surface area contributed by atoms with Gasteiger partial charge in [0.2, 0.25) is 0 Å². The van der Waals surface area contributed by atoms with Gasteiger partial charge in [0.15, 0.2) is 32.8 Å². The minimum atomic E-state index is -4.41. The van der Waals surface area contributed by atoms with Crippen molar-refractivity contribution >= 4 is 33.8 Å². The molecular formula is C22H19FN2O9S. The lowest BCUT2D eigenvalue weighted by Gasteiger charge is -2.37. The summed E-state index contributed by atoms with van der Waals surface area (Å²) in [5.74, 6) is -4.85. The van der Waals surface area contributed by atoms with Crippen LogP contribution in [-0.4, -0.2) is 74.2 Å². The third-order valence-electron chi connectivity index (χ3n) is 6.00. The fourth-order valence-corrected chi connectivity index (χ4v) is 6.42. The van der Waals surface area contributed by atoms with Crippen LogP contribution in [0.15, 0.2) is 42.1 Å². The van der Waals surface area contributed by atoms with Crippen LogP contribution < -0.4 is 0 Å². The number of halogens is 1. The molecule has 4 rings (SSSR count). The normalized spacial score (nSPS) is 25.7. The van der Waals surface area contributed by atoms with Crippen molar-refractivity contribution in [2.45, 2.75) is 29.5 Å². The topological polar surface area (TPSA) is 171 Å². The van der Waals surface area contributed by atoms with Crippen LogP contribution in [0, 0.1) is 5.82 Å². The quantitative estimate of drug-likeness (QED) is 0.218. The van der Waals surface area contributed by atoms with Gasteiger partial charge in [0.1, 0.15) is 17.2 Å². The molecule has 35 heavy (non-hydrogen) atoms. The minimum absolute atomic E-state index is 0.105. The predicted octanol–water partition coefficient (Wildman–Crippen LogP) is 0.610. The zero-order valence-electron chi connectivity index (χ0n) is 18.1. The largest absolute Gasteiger partial charge is 0.504 e. The zero-order chi connectivity index (χ0) is 25.7. The molecule has 184 valence electrons. The van der Waals surface area contributed by atoms with Gasteiger partial charge in [0.25, 0.3) is 5.91 Å². The molecule has 0 spiro atoms. The number of aromatic hydroxyl groups is 2. The highest BCUT2D eigenvalue weighted by atomic mass is 32.2. The van der Waals surface area contributed by atoms with Gasteiger partial charge in [-0.25, -0.2) is 17.6 Å². The molecule has 11 nitrogen and oxygen atoms in total. The number of ether oxygens (including phenoxy) is 1. The molecule has 2 saturated heterocycles. The summed E-state index contributed by atoms with van der Waals surface area (Å²) in [4.78, 5) is 41.5. The number of carboxylic acid groups (broad SMARTS) is 1. The molecular weight excluding hydrogens is 487 g/mol. The van der Waals surface area contributed by atoms with Crippen LogP contribution in [0.2, 0.25) is 0 Å². The number of phenolic OH excluding ortho intramolecular Hbond substituents is 2. The molecule has 0 aliphatic carbocycles. The zero-order valence-corrected chi connectivity index (χ0v) is 18.9. The van der Waals surface area contributed by atoms with E-state index < -0.39 is 74.2 Å². The highest BCUT2D eigenvalue weighted by Crippen LogP contribution is 2.49. The third kappa shape index (κ3) is 3.87. The van der Waals surface area contributed by atoms with E-state index in [1.807, 2.05) is 0 Å². The molecule has 2 aliphatic heterocycles. The summed E-state index contributed by atoms with van der Waals surface area (Å²) < 4.78 is 42.9. The van der Waals surface area contributed by atoms with E-state index >= 15 is 0 Å². The number of rotatable bonds is 6. The maximum absolute atomic E-state index is 13.4. The monoisotopic (exact) mass is 506 g/mol. The number of carbonyl (C=O) groups is 3. The average Bonchev–Trinajstić information content (AvgIpc) is 2.95. The number of fused-ring (bicyclic) bond motifs is 1. The number of pyridine rings is 1. The molecule has 1 aromatic carbocycles. The number of aliphatic carboxylic acids is 1. The Balaban J connectivity index is 1.59. The van der Waals surface area contributed by atoms with Crippen molar-refractivity contribution in [1.82, 2.24) is 9.88 Å².